The zero-order valence-corrected chi connectivity index (χ0v) is 27.8. The second-order valence-electron chi connectivity index (χ2n) is 11.2. The summed E-state index contributed by atoms with van der Waals surface area (Å²) in [5, 5.41) is 9.24. The van der Waals surface area contributed by atoms with E-state index in [1.165, 1.54) is 0 Å². The molecule has 0 aliphatic rings. The van der Waals surface area contributed by atoms with Gasteiger partial charge in [0.25, 0.3) is 5.89 Å². The Balaban J connectivity index is 2.86. The van der Waals surface area contributed by atoms with Crippen LogP contribution in [-0.4, -0.2) is 43.1 Å². The number of carbonyl (C=O) groups excluding carboxylic acids is 2. The van der Waals surface area contributed by atoms with Crippen LogP contribution >= 0.6 is 31.9 Å². The van der Waals surface area contributed by atoms with Gasteiger partial charge >= 0.3 is 12.2 Å². The number of amides is 2. The Morgan fingerprint density at radius 3 is 2.10 bits per heavy atom. The second kappa shape index (κ2) is 13.7. The zero-order chi connectivity index (χ0) is 30.4. The van der Waals surface area contributed by atoms with E-state index in [1.807, 2.05) is 32.0 Å². The molecular formula is C29H38Br2N4O5. The summed E-state index contributed by atoms with van der Waals surface area (Å²) in [6.45, 7) is 19.9. The van der Waals surface area contributed by atoms with E-state index in [4.69, 9.17) is 13.9 Å². The molecule has 1 aromatic heterocycles. The Morgan fingerprint density at radius 2 is 1.65 bits per heavy atom. The Hall–Kier alpha value is -2.79. The average molecular weight is 682 g/mol. The van der Waals surface area contributed by atoms with Gasteiger partial charge in [-0.25, -0.2) is 14.6 Å². The number of imide groups is 1. The SMILES string of the molecule is C=C(CC)CC(=C(N=C(C)Br)c1nnc(-c2ccc(CBr)cc2C)o1)N(C(=O)OC(C)(C)C)C(=O)OC(C)(C)C. The maximum Gasteiger partial charge on any atom is 0.424 e. The largest absolute Gasteiger partial charge is 0.443 e. The van der Waals surface area contributed by atoms with Crippen molar-refractivity contribution in [1.82, 2.24) is 15.1 Å². The topological polar surface area (TPSA) is 107 Å². The molecule has 1 heterocycles. The van der Waals surface area contributed by atoms with Gasteiger partial charge in [-0.2, -0.15) is 4.90 Å². The van der Waals surface area contributed by atoms with Crippen molar-refractivity contribution < 1.29 is 23.5 Å². The highest BCUT2D eigenvalue weighted by atomic mass is 79.9. The van der Waals surface area contributed by atoms with Crippen LogP contribution in [0.4, 0.5) is 9.59 Å². The minimum Gasteiger partial charge on any atom is -0.443 e. The number of aryl methyl sites for hydroxylation is 1. The predicted molar refractivity (Wildman–Crippen MR) is 164 cm³/mol. The third-order valence-electron chi connectivity index (χ3n) is 5.18. The number of nitrogens with zero attached hydrogens (tertiary/aromatic N) is 4. The number of carbonyl (C=O) groups is 2. The molecule has 0 N–H and O–H groups in total. The number of rotatable bonds is 8. The Labute approximate surface area is 253 Å². The lowest BCUT2D eigenvalue weighted by atomic mass is 10.1. The standard InChI is InChI=1S/C29H38Br2N4O5/c1-11-17(2)14-22(35(26(36)39-28(5,6)7)27(37)40-29(8,9)10)23(32-19(4)31)25-34-33-24(38-25)21-13-12-20(16-30)15-18(21)3/h12-13,15H,2,11,14,16H2,1,3-10H3. The van der Waals surface area contributed by atoms with Crippen molar-refractivity contribution in [3.05, 3.63) is 53.1 Å². The van der Waals surface area contributed by atoms with Gasteiger partial charge in [-0.1, -0.05) is 47.1 Å². The van der Waals surface area contributed by atoms with Crippen molar-refractivity contribution in [3.63, 3.8) is 0 Å². The Kier molecular flexibility index (Phi) is 11.5. The fraction of sp³-hybridized carbons (Fsp3) is 0.483. The highest BCUT2D eigenvalue weighted by Crippen LogP contribution is 2.33. The summed E-state index contributed by atoms with van der Waals surface area (Å²) < 4.78 is 17.8. The van der Waals surface area contributed by atoms with E-state index in [9.17, 15) is 9.59 Å². The number of aliphatic imine (C=N–C) groups is 1. The van der Waals surface area contributed by atoms with Crippen LogP contribution in [0.5, 0.6) is 0 Å². The number of aromatic nitrogens is 2. The third kappa shape index (κ3) is 9.69. The summed E-state index contributed by atoms with van der Waals surface area (Å²) in [4.78, 5) is 32.5. The molecule has 0 radical (unpaired) electrons. The number of hydrogen-bond acceptors (Lipinski definition) is 8. The molecule has 11 heteroatoms. The van der Waals surface area contributed by atoms with Gasteiger partial charge in [0.05, 0.1) is 10.3 Å². The summed E-state index contributed by atoms with van der Waals surface area (Å²) in [7, 11) is 0. The first kappa shape index (κ1) is 33.4. The van der Waals surface area contributed by atoms with Crippen LogP contribution in [0.2, 0.25) is 0 Å². The van der Waals surface area contributed by atoms with Gasteiger partial charge in [-0.05, 0) is 94.9 Å². The lowest BCUT2D eigenvalue weighted by Crippen LogP contribution is -2.43. The second-order valence-corrected chi connectivity index (χ2v) is 12.9. The van der Waals surface area contributed by atoms with Crippen molar-refractivity contribution >= 4 is 54.4 Å². The van der Waals surface area contributed by atoms with Crippen LogP contribution in [-0.2, 0) is 14.8 Å². The van der Waals surface area contributed by atoms with Crippen molar-refractivity contribution in [2.24, 2.45) is 4.99 Å². The molecular weight excluding hydrogens is 644 g/mol. The van der Waals surface area contributed by atoms with Crippen LogP contribution in [0, 0.1) is 6.92 Å². The molecule has 0 saturated heterocycles. The minimum atomic E-state index is -0.929. The fourth-order valence-corrected chi connectivity index (χ4v) is 3.93. The van der Waals surface area contributed by atoms with E-state index < -0.39 is 23.4 Å². The Morgan fingerprint density at radius 1 is 1.07 bits per heavy atom. The van der Waals surface area contributed by atoms with Crippen molar-refractivity contribution in [2.75, 3.05) is 0 Å². The van der Waals surface area contributed by atoms with Crippen LogP contribution in [0.25, 0.3) is 17.2 Å². The summed E-state index contributed by atoms with van der Waals surface area (Å²) in [5.74, 6) is 0.275. The number of alkyl halides is 1. The van der Waals surface area contributed by atoms with Gasteiger partial charge in [-0.15, -0.1) is 10.2 Å². The van der Waals surface area contributed by atoms with E-state index in [-0.39, 0.29) is 29.6 Å². The van der Waals surface area contributed by atoms with Crippen LogP contribution in [0.1, 0.15) is 85.2 Å². The highest BCUT2D eigenvalue weighted by Gasteiger charge is 2.37. The molecule has 0 aliphatic carbocycles. The normalized spacial score (nSPS) is 13.0. The lowest BCUT2D eigenvalue weighted by Gasteiger charge is -2.30. The smallest absolute Gasteiger partial charge is 0.424 e. The van der Waals surface area contributed by atoms with Crippen molar-refractivity contribution in [2.45, 2.75) is 91.7 Å². The summed E-state index contributed by atoms with van der Waals surface area (Å²) in [5.41, 5.74) is 1.98. The average Bonchev–Trinajstić information content (AvgIpc) is 3.29. The molecule has 0 atom stereocenters. The molecule has 0 spiro atoms. The van der Waals surface area contributed by atoms with Gasteiger partial charge in [0.1, 0.15) is 16.9 Å². The van der Waals surface area contributed by atoms with E-state index in [0.29, 0.717) is 16.4 Å². The Bertz CT molecular complexity index is 1280. The number of ether oxygens (including phenoxy) is 2. The van der Waals surface area contributed by atoms with E-state index in [2.05, 4.69) is 53.6 Å². The minimum absolute atomic E-state index is 0.00814. The first-order valence-electron chi connectivity index (χ1n) is 12.8. The maximum absolute atomic E-state index is 13.6. The van der Waals surface area contributed by atoms with Crippen molar-refractivity contribution in [1.29, 1.82) is 0 Å². The van der Waals surface area contributed by atoms with Gasteiger partial charge < -0.3 is 13.9 Å². The molecule has 0 fully saturated rings. The summed E-state index contributed by atoms with van der Waals surface area (Å²) >= 11 is 6.84. The summed E-state index contributed by atoms with van der Waals surface area (Å²) in [6.07, 6.45) is -1.19. The highest BCUT2D eigenvalue weighted by molar-refractivity contribution is 9.18. The molecule has 2 amide bonds. The number of allylic oxidation sites excluding steroid dienone is 1. The number of hydrogen-bond donors (Lipinski definition) is 0. The molecule has 40 heavy (non-hydrogen) atoms. The molecule has 2 rings (SSSR count). The van der Waals surface area contributed by atoms with Gasteiger partial charge in [0, 0.05) is 17.3 Å². The lowest BCUT2D eigenvalue weighted by molar-refractivity contribution is 0.00796. The molecule has 0 unspecified atom stereocenters. The molecule has 0 aliphatic heterocycles. The van der Waals surface area contributed by atoms with Gasteiger partial charge in [-0.3, -0.25) is 0 Å². The van der Waals surface area contributed by atoms with Crippen LogP contribution in [0.15, 0.2) is 45.5 Å². The molecule has 218 valence electrons. The summed E-state index contributed by atoms with van der Waals surface area (Å²) in [6, 6.07) is 5.88. The molecule has 0 saturated carbocycles. The molecule has 2 aromatic rings. The molecule has 0 bridgehead atoms. The van der Waals surface area contributed by atoms with Crippen LogP contribution in [0.3, 0.4) is 0 Å². The van der Waals surface area contributed by atoms with E-state index >= 15 is 0 Å². The predicted octanol–water partition coefficient (Wildman–Crippen LogP) is 8.95. The monoisotopic (exact) mass is 680 g/mol. The molecule has 1 aromatic carbocycles. The molecule has 9 nitrogen and oxygen atoms in total. The number of halogens is 2. The van der Waals surface area contributed by atoms with E-state index in [0.717, 1.165) is 27.2 Å². The first-order valence-corrected chi connectivity index (χ1v) is 14.7. The fourth-order valence-electron chi connectivity index (χ4n) is 3.41. The van der Waals surface area contributed by atoms with E-state index in [1.54, 1.807) is 48.5 Å². The third-order valence-corrected chi connectivity index (χ3v) is 6.01. The van der Waals surface area contributed by atoms with Gasteiger partial charge in [0.15, 0.2) is 0 Å². The van der Waals surface area contributed by atoms with Crippen LogP contribution < -0.4 is 0 Å². The zero-order valence-electron chi connectivity index (χ0n) is 24.6. The quantitative estimate of drug-likeness (QED) is 0.155. The number of benzene rings is 1. The van der Waals surface area contributed by atoms with Crippen molar-refractivity contribution in [3.8, 4) is 11.5 Å². The first-order chi connectivity index (χ1) is 18.5. The maximum atomic E-state index is 13.6. The van der Waals surface area contributed by atoms with Gasteiger partial charge in [0.2, 0.25) is 5.89 Å².